The van der Waals surface area contributed by atoms with Crippen molar-refractivity contribution in [2.75, 3.05) is 0 Å². The molecule has 0 aromatic heterocycles. The Kier molecular flexibility index (Phi) is 3.53. The van der Waals surface area contributed by atoms with Crippen molar-refractivity contribution in [3.8, 4) is 0 Å². The second kappa shape index (κ2) is 4.45. The summed E-state index contributed by atoms with van der Waals surface area (Å²) in [6.45, 7) is 0. The first-order valence-electron chi connectivity index (χ1n) is 4.60. The molecular formula is C9H16O3. The number of aliphatic hydroxyl groups excluding tert-OH is 1. The fourth-order valence-electron chi connectivity index (χ4n) is 1.83. The molecule has 0 radical (unpaired) electrons. The van der Waals surface area contributed by atoms with Gasteiger partial charge in [-0.2, -0.15) is 0 Å². The minimum Gasteiger partial charge on any atom is -0.481 e. The number of carboxylic acids is 1. The highest BCUT2D eigenvalue weighted by Crippen LogP contribution is 2.25. The Morgan fingerprint density at radius 2 is 1.92 bits per heavy atom. The first-order valence-corrected chi connectivity index (χ1v) is 4.60. The molecule has 0 aromatic rings. The molecule has 1 saturated carbocycles. The van der Waals surface area contributed by atoms with Gasteiger partial charge in [-0.05, 0) is 18.8 Å². The van der Waals surface area contributed by atoms with Crippen molar-refractivity contribution < 1.29 is 15.0 Å². The molecule has 1 aliphatic rings. The predicted molar refractivity (Wildman–Crippen MR) is 44.8 cm³/mol. The van der Waals surface area contributed by atoms with E-state index >= 15 is 0 Å². The molecule has 70 valence electrons. The lowest BCUT2D eigenvalue weighted by atomic mass is 9.94. The predicted octanol–water partition coefficient (Wildman–Crippen LogP) is 1.40. The quantitative estimate of drug-likeness (QED) is 0.619. The number of hydrogen-bond acceptors (Lipinski definition) is 2. The van der Waals surface area contributed by atoms with Crippen molar-refractivity contribution in [3.05, 3.63) is 0 Å². The van der Waals surface area contributed by atoms with Crippen LogP contribution in [0.15, 0.2) is 0 Å². The average Bonchev–Trinajstić information content (AvgIpc) is 2.16. The Morgan fingerprint density at radius 1 is 1.25 bits per heavy atom. The Hall–Kier alpha value is -0.570. The van der Waals surface area contributed by atoms with E-state index in [0.717, 1.165) is 32.1 Å². The topological polar surface area (TPSA) is 57.5 Å². The van der Waals surface area contributed by atoms with Gasteiger partial charge in [-0.1, -0.05) is 19.3 Å². The third-order valence-corrected chi connectivity index (χ3v) is 2.56. The van der Waals surface area contributed by atoms with E-state index < -0.39 is 5.97 Å². The number of rotatable bonds is 2. The summed E-state index contributed by atoms with van der Waals surface area (Å²) in [5.41, 5.74) is 0. The monoisotopic (exact) mass is 172 g/mol. The summed E-state index contributed by atoms with van der Waals surface area (Å²) in [6, 6.07) is 0. The van der Waals surface area contributed by atoms with Crippen molar-refractivity contribution in [2.45, 2.75) is 44.6 Å². The summed E-state index contributed by atoms with van der Waals surface area (Å²) < 4.78 is 0. The van der Waals surface area contributed by atoms with E-state index in [1.807, 2.05) is 0 Å². The number of hydrogen-bond donors (Lipinski definition) is 2. The highest BCUT2D eigenvalue weighted by molar-refractivity contribution is 5.67. The molecule has 0 aliphatic heterocycles. The van der Waals surface area contributed by atoms with Crippen LogP contribution in [0.5, 0.6) is 0 Å². The second-order valence-electron chi connectivity index (χ2n) is 3.56. The minimum atomic E-state index is -0.791. The van der Waals surface area contributed by atoms with Crippen LogP contribution in [-0.4, -0.2) is 22.3 Å². The van der Waals surface area contributed by atoms with Gasteiger partial charge < -0.3 is 10.2 Å². The van der Waals surface area contributed by atoms with E-state index in [9.17, 15) is 9.90 Å². The summed E-state index contributed by atoms with van der Waals surface area (Å²) in [6.07, 6.45) is 4.62. The average molecular weight is 172 g/mol. The zero-order chi connectivity index (χ0) is 8.97. The van der Waals surface area contributed by atoms with E-state index in [4.69, 9.17) is 5.11 Å². The Labute approximate surface area is 72.4 Å². The van der Waals surface area contributed by atoms with Crippen LogP contribution in [0.4, 0.5) is 0 Å². The highest BCUT2D eigenvalue weighted by atomic mass is 16.4. The highest BCUT2D eigenvalue weighted by Gasteiger charge is 2.23. The number of carbonyl (C=O) groups is 1. The maximum atomic E-state index is 10.4. The molecular weight excluding hydrogens is 156 g/mol. The number of aliphatic carboxylic acids is 1. The molecule has 0 aromatic carbocycles. The summed E-state index contributed by atoms with van der Waals surface area (Å²) >= 11 is 0. The standard InChI is InChI=1S/C9H16O3/c10-8-5-3-1-2-4-7(8)6-9(11)12/h7-8,10H,1-6H2,(H,11,12). The lowest BCUT2D eigenvalue weighted by molar-refractivity contribution is -0.139. The van der Waals surface area contributed by atoms with Gasteiger partial charge in [-0.25, -0.2) is 0 Å². The lowest BCUT2D eigenvalue weighted by Gasteiger charge is -2.17. The van der Waals surface area contributed by atoms with Gasteiger partial charge in [0, 0.05) is 0 Å². The third kappa shape index (κ3) is 2.81. The van der Waals surface area contributed by atoms with Crippen LogP contribution in [0.25, 0.3) is 0 Å². The van der Waals surface area contributed by atoms with Gasteiger partial charge in [0.05, 0.1) is 12.5 Å². The molecule has 2 unspecified atom stereocenters. The molecule has 12 heavy (non-hydrogen) atoms. The van der Waals surface area contributed by atoms with E-state index in [2.05, 4.69) is 0 Å². The second-order valence-corrected chi connectivity index (χ2v) is 3.56. The fraction of sp³-hybridized carbons (Fsp3) is 0.889. The van der Waals surface area contributed by atoms with E-state index in [0.29, 0.717) is 0 Å². The van der Waals surface area contributed by atoms with Crippen LogP contribution in [-0.2, 0) is 4.79 Å². The summed E-state index contributed by atoms with van der Waals surface area (Å²) in [5.74, 6) is -0.800. The molecule has 0 spiro atoms. The fourth-order valence-corrected chi connectivity index (χ4v) is 1.83. The van der Waals surface area contributed by atoms with Crippen LogP contribution in [0.3, 0.4) is 0 Å². The minimum absolute atomic E-state index is 0.00926. The van der Waals surface area contributed by atoms with Gasteiger partial charge in [-0.15, -0.1) is 0 Å². The van der Waals surface area contributed by atoms with Crippen LogP contribution in [0.1, 0.15) is 38.5 Å². The van der Waals surface area contributed by atoms with Crippen molar-refractivity contribution in [1.29, 1.82) is 0 Å². The van der Waals surface area contributed by atoms with Crippen LogP contribution >= 0.6 is 0 Å². The number of aliphatic hydroxyl groups is 1. The van der Waals surface area contributed by atoms with Gasteiger partial charge in [0.1, 0.15) is 0 Å². The van der Waals surface area contributed by atoms with Gasteiger partial charge in [-0.3, -0.25) is 4.79 Å². The zero-order valence-corrected chi connectivity index (χ0v) is 7.20. The first kappa shape index (κ1) is 9.52. The lowest BCUT2D eigenvalue weighted by Crippen LogP contribution is -2.21. The van der Waals surface area contributed by atoms with Gasteiger partial charge in [0.2, 0.25) is 0 Å². The Balaban J connectivity index is 2.41. The van der Waals surface area contributed by atoms with Gasteiger partial charge in [0.15, 0.2) is 0 Å². The van der Waals surface area contributed by atoms with Crippen molar-refractivity contribution in [2.24, 2.45) is 5.92 Å². The molecule has 1 rings (SSSR count). The van der Waals surface area contributed by atoms with Gasteiger partial charge in [0.25, 0.3) is 0 Å². The smallest absolute Gasteiger partial charge is 0.303 e. The summed E-state index contributed by atoms with van der Waals surface area (Å²) in [4.78, 5) is 10.4. The molecule has 2 atom stereocenters. The molecule has 0 heterocycles. The first-order chi connectivity index (χ1) is 5.70. The molecule has 1 fully saturated rings. The molecule has 2 N–H and O–H groups in total. The molecule has 0 saturated heterocycles. The SMILES string of the molecule is O=C(O)CC1CCCCCC1O. The van der Waals surface area contributed by atoms with Gasteiger partial charge >= 0.3 is 5.97 Å². The third-order valence-electron chi connectivity index (χ3n) is 2.56. The number of carboxylic acid groups (broad SMARTS) is 1. The Bertz CT molecular complexity index is 156. The largest absolute Gasteiger partial charge is 0.481 e. The molecule has 3 nitrogen and oxygen atoms in total. The molecule has 0 bridgehead atoms. The van der Waals surface area contributed by atoms with E-state index in [-0.39, 0.29) is 18.4 Å². The van der Waals surface area contributed by atoms with E-state index in [1.165, 1.54) is 0 Å². The molecule has 0 amide bonds. The van der Waals surface area contributed by atoms with Crippen LogP contribution < -0.4 is 0 Å². The zero-order valence-electron chi connectivity index (χ0n) is 7.20. The molecule has 1 aliphatic carbocycles. The van der Waals surface area contributed by atoms with E-state index in [1.54, 1.807) is 0 Å². The summed E-state index contributed by atoms with van der Waals surface area (Å²) in [5, 5.41) is 18.1. The van der Waals surface area contributed by atoms with Crippen molar-refractivity contribution >= 4 is 5.97 Å². The van der Waals surface area contributed by atoms with Crippen molar-refractivity contribution in [3.63, 3.8) is 0 Å². The van der Waals surface area contributed by atoms with Crippen LogP contribution in [0, 0.1) is 5.92 Å². The Morgan fingerprint density at radius 3 is 2.58 bits per heavy atom. The maximum Gasteiger partial charge on any atom is 0.303 e. The maximum absolute atomic E-state index is 10.4. The van der Waals surface area contributed by atoms with Crippen molar-refractivity contribution in [1.82, 2.24) is 0 Å². The summed E-state index contributed by atoms with van der Waals surface area (Å²) in [7, 11) is 0. The molecule has 3 heteroatoms. The normalized spacial score (nSPS) is 31.1. The van der Waals surface area contributed by atoms with Crippen LogP contribution in [0.2, 0.25) is 0 Å².